The highest BCUT2D eigenvalue weighted by molar-refractivity contribution is 7.85. The maximum absolute atomic E-state index is 11.2. The molecule has 4 rings (SSSR count). The molecule has 230 valence electrons. The van der Waals surface area contributed by atoms with Crippen molar-refractivity contribution in [3.8, 4) is 0 Å². The Morgan fingerprint density at radius 2 is 1.33 bits per heavy atom. The molecule has 43 heavy (non-hydrogen) atoms. The first kappa shape index (κ1) is 32.6. The molecule has 0 bridgehead atoms. The van der Waals surface area contributed by atoms with Crippen LogP contribution in [-0.2, 0) is 31.1 Å². The predicted octanol–water partition coefficient (Wildman–Crippen LogP) is 5.28. The number of hydrogen-bond acceptors (Lipinski definition) is 7. The van der Waals surface area contributed by atoms with Gasteiger partial charge in [0.05, 0.1) is 25.7 Å². The molecule has 0 N–H and O–H groups in total. The number of nitrogens with zero attached hydrogens (tertiary/aromatic N) is 2. The Kier molecular flexibility index (Phi) is 9.66. The average Bonchev–Trinajstić information content (AvgIpc) is 3.26. The monoisotopic (exact) mass is 623 g/mol. The molecule has 0 atom stereocenters. The molecule has 2 aliphatic rings. The molecule has 0 saturated heterocycles. The zero-order valence-corrected chi connectivity index (χ0v) is 26.7. The van der Waals surface area contributed by atoms with E-state index in [2.05, 4.69) is 49.3 Å². The van der Waals surface area contributed by atoms with Crippen molar-refractivity contribution in [3.63, 3.8) is 0 Å². The third kappa shape index (κ3) is 7.62. The number of para-hydroxylation sites is 2. The number of fused-ring (bicyclic) bond motifs is 2. The van der Waals surface area contributed by atoms with Gasteiger partial charge in [0.1, 0.15) is 6.54 Å². The van der Waals surface area contributed by atoms with E-state index in [4.69, 9.17) is 0 Å². The van der Waals surface area contributed by atoms with Crippen LogP contribution < -0.4 is 4.90 Å². The molecule has 8 nitrogen and oxygen atoms in total. The quantitative estimate of drug-likeness (QED) is 0.179. The van der Waals surface area contributed by atoms with Gasteiger partial charge < -0.3 is 14.0 Å². The van der Waals surface area contributed by atoms with Gasteiger partial charge in [-0.05, 0) is 38.0 Å². The fraction of sp³-hybridized carbons (Fsp3) is 0.364. The second kappa shape index (κ2) is 12.7. The topological polar surface area (TPSA) is 121 Å². The molecule has 2 aromatic rings. The van der Waals surface area contributed by atoms with Crippen LogP contribution in [0.4, 0.5) is 11.4 Å². The molecular weight excluding hydrogens is 585 g/mol. The van der Waals surface area contributed by atoms with E-state index in [0.29, 0.717) is 13.1 Å². The van der Waals surface area contributed by atoms with Crippen LogP contribution in [0.25, 0.3) is 0 Å². The van der Waals surface area contributed by atoms with E-state index in [9.17, 15) is 25.9 Å². The van der Waals surface area contributed by atoms with Crippen molar-refractivity contribution < 1.29 is 30.5 Å². The summed E-state index contributed by atoms with van der Waals surface area (Å²) >= 11 is 0. The standard InChI is InChI=1S/C33H40N2O6S2/c1-32(2)26-16-10-12-18-28(26)34(22-14-24-42(36,37)38)30(32)20-8-6-5-7-9-21-31-33(3,4)27-17-11-13-19-29(27)35(31)23-15-25-43(39,40)41/h5-13,16-21H,14-15,22-25H2,1-4H3,(H-,36,37,38,39,40,41)/p-1. The third-order valence-electron chi connectivity index (χ3n) is 8.10. The predicted molar refractivity (Wildman–Crippen MR) is 170 cm³/mol. The molecule has 0 fully saturated rings. The van der Waals surface area contributed by atoms with Gasteiger partial charge in [0.15, 0.2) is 5.71 Å². The lowest BCUT2D eigenvalue weighted by atomic mass is 9.81. The largest absolute Gasteiger partial charge is 0.748 e. The van der Waals surface area contributed by atoms with Gasteiger partial charge >= 0.3 is 0 Å². The first-order valence-electron chi connectivity index (χ1n) is 14.3. The Labute approximate surface area is 256 Å². The second-order valence-corrected chi connectivity index (χ2v) is 14.9. The van der Waals surface area contributed by atoms with Crippen LogP contribution in [0, 0.1) is 0 Å². The summed E-state index contributed by atoms with van der Waals surface area (Å²) in [6, 6.07) is 16.1. The summed E-state index contributed by atoms with van der Waals surface area (Å²) in [4.78, 5) is 2.09. The van der Waals surface area contributed by atoms with Gasteiger partial charge in [0.25, 0.3) is 0 Å². The van der Waals surface area contributed by atoms with Crippen LogP contribution in [0.3, 0.4) is 0 Å². The van der Waals surface area contributed by atoms with Gasteiger partial charge in [-0.15, -0.1) is 0 Å². The van der Waals surface area contributed by atoms with Gasteiger partial charge in [-0.25, -0.2) is 16.8 Å². The first-order valence-corrected chi connectivity index (χ1v) is 17.5. The lowest BCUT2D eigenvalue weighted by Crippen LogP contribution is -2.28. The summed E-state index contributed by atoms with van der Waals surface area (Å²) in [5, 5.41) is 0. The molecule has 0 aromatic heterocycles. The normalized spacial score (nSPS) is 18.9. The highest BCUT2D eigenvalue weighted by Gasteiger charge is 2.44. The minimum absolute atomic E-state index is 0.241. The molecule has 10 heteroatoms. The molecule has 0 amide bonds. The lowest BCUT2D eigenvalue weighted by molar-refractivity contribution is -0.437. The Hall–Kier alpha value is -3.31. The molecule has 0 spiro atoms. The zero-order chi connectivity index (χ0) is 31.5. The first-order chi connectivity index (χ1) is 20.1. The minimum atomic E-state index is -4.28. The van der Waals surface area contributed by atoms with Crippen molar-refractivity contribution in [3.05, 3.63) is 108 Å². The van der Waals surface area contributed by atoms with Crippen molar-refractivity contribution >= 4 is 37.3 Å². The van der Waals surface area contributed by atoms with Crippen LogP contribution in [0.1, 0.15) is 51.7 Å². The molecule has 2 aromatic carbocycles. The van der Waals surface area contributed by atoms with Crippen LogP contribution in [-0.4, -0.2) is 60.8 Å². The third-order valence-corrected chi connectivity index (χ3v) is 9.68. The van der Waals surface area contributed by atoms with Crippen molar-refractivity contribution in [2.24, 2.45) is 0 Å². The van der Waals surface area contributed by atoms with E-state index in [1.807, 2.05) is 78.9 Å². The number of rotatable bonds is 12. The van der Waals surface area contributed by atoms with E-state index in [1.54, 1.807) is 0 Å². The molecular formula is C33H39N2O6S2-. The zero-order valence-electron chi connectivity index (χ0n) is 25.1. The van der Waals surface area contributed by atoms with E-state index in [1.165, 1.54) is 0 Å². The Morgan fingerprint density at radius 3 is 2.02 bits per heavy atom. The SMILES string of the molecule is CC1(C)C(/C=C/C=C/C=C/C=C2/N(CCCS(=O)(=O)[O-])c3ccccc3C2(C)C)=[N+](CCCS(=O)(=O)[O-])c2ccccc21. The van der Waals surface area contributed by atoms with E-state index >= 15 is 0 Å². The van der Waals surface area contributed by atoms with Crippen LogP contribution >= 0.6 is 0 Å². The van der Waals surface area contributed by atoms with Crippen molar-refractivity contribution in [2.75, 3.05) is 29.5 Å². The Balaban J connectivity index is 1.52. The Bertz CT molecular complexity index is 1730. The van der Waals surface area contributed by atoms with Gasteiger partial charge in [-0.2, -0.15) is 4.58 Å². The highest BCUT2D eigenvalue weighted by atomic mass is 32.2. The fourth-order valence-electron chi connectivity index (χ4n) is 6.05. The summed E-state index contributed by atoms with van der Waals surface area (Å²) in [6.07, 6.45) is 14.2. The van der Waals surface area contributed by atoms with Crippen molar-refractivity contribution in [2.45, 2.75) is 51.4 Å². The molecule has 0 unspecified atom stereocenters. The summed E-state index contributed by atoms with van der Waals surface area (Å²) in [5.74, 6) is -0.805. The van der Waals surface area contributed by atoms with Crippen LogP contribution in [0.2, 0.25) is 0 Å². The van der Waals surface area contributed by atoms with Gasteiger partial charge in [0, 0.05) is 59.0 Å². The average molecular weight is 624 g/mol. The molecule has 2 aliphatic heterocycles. The van der Waals surface area contributed by atoms with Crippen LogP contribution in [0.5, 0.6) is 0 Å². The maximum atomic E-state index is 11.2. The summed E-state index contributed by atoms with van der Waals surface area (Å²) in [7, 11) is -8.56. The van der Waals surface area contributed by atoms with Crippen LogP contribution in [0.15, 0.2) is 96.8 Å². The van der Waals surface area contributed by atoms with E-state index in [0.717, 1.165) is 33.9 Å². The molecule has 0 radical (unpaired) electrons. The van der Waals surface area contributed by atoms with Crippen molar-refractivity contribution in [1.29, 1.82) is 0 Å². The Morgan fingerprint density at radius 1 is 0.744 bits per heavy atom. The van der Waals surface area contributed by atoms with E-state index in [-0.39, 0.29) is 23.7 Å². The maximum Gasteiger partial charge on any atom is 0.209 e. The number of anilines is 1. The lowest BCUT2D eigenvalue weighted by Gasteiger charge is -2.27. The molecule has 0 aliphatic carbocycles. The second-order valence-electron chi connectivity index (χ2n) is 11.9. The highest BCUT2D eigenvalue weighted by Crippen LogP contribution is 2.47. The smallest absolute Gasteiger partial charge is 0.209 e. The summed E-state index contributed by atoms with van der Waals surface area (Å²) < 4.78 is 69.2. The minimum Gasteiger partial charge on any atom is -0.748 e. The molecule has 2 heterocycles. The van der Waals surface area contributed by atoms with E-state index < -0.39 is 31.7 Å². The fourth-order valence-corrected chi connectivity index (χ4v) is 7.01. The number of benzene rings is 2. The molecule has 0 saturated carbocycles. The van der Waals surface area contributed by atoms with Crippen molar-refractivity contribution in [1.82, 2.24) is 0 Å². The van der Waals surface area contributed by atoms with Gasteiger partial charge in [0.2, 0.25) is 5.69 Å². The number of hydrogen-bond donors (Lipinski definition) is 0. The number of allylic oxidation sites excluding steroid dienone is 8. The van der Waals surface area contributed by atoms with Gasteiger partial charge in [-0.3, -0.25) is 0 Å². The summed E-state index contributed by atoms with van der Waals surface area (Å²) in [6.45, 7) is 9.37. The van der Waals surface area contributed by atoms with Gasteiger partial charge in [-0.1, -0.05) is 80.6 Å². The summed E-state index contributed by atoms with van der Waals surface area (Å²) in [5.41, 5.74) is 5.78.